The topological polar surface area (TPSA) is 203 Å². The van der Waals surface area contributed by atoms with Crippen LogP contribution in [0, 0.1) is 0 Å². The van der Waals surface area contributed by atoms with Crippen molar-refractivity contribution in [1.82, 2.24) is 19.9 Å². The molecule has 0 unspecified atom stereocenters. The van der Waals surface area contributed by atoms with E-state index in [9.17, 15) is 24.3 Å². The Morgan fingerprint density at radius 3 is 1.56 bits per heavy atom. The Bertz CT molecular complexity index is 2150. The molecule has 4 amide bonds. The maximum atomic E-state index is 13.1. The first-order chi connectivity index (χ1) is 28.0. The lowest BCUT2D eigenvalue weighted by Crippen LogP contribution is -2.48. The van der Waals surface area contributed by atoms with Crippen molar-refractivity contribution >= 4 is 74.6 Å². The van der Waals surface area contributed by atoms with Gasteiger partial charge in [0.15, 0.2) is 23.1 Å². The van der Waals surface area contributed by atoms with Gasteiger partial charge in [-0.15, -0.1) is 0 Å². The number of urea groups is 2. The van der Waals surface area contributed by atoms with Crippen LogP contribution >= 0.6 is 0 Å². The SMILES string of the molecule is C[Si](C)(C)CCC(=O)c1ccc2c(n1)N(C(=O)Nc1ccccn1)[C@H]1CCN2C1.C[Si](C)(C)CN.O=C(O)c1ccc2c(n1)N(C(=O)Nc1ccccn1)[C@H]1CCN2C1. The van der Waals surface area contributed by atoms with Gasteiger partial charge in [0, 0.05) is 53.1 Å². The van der Waals surface area contributed by atoms with Crippen molar-refractivity contribution in [3.63, 3.8) is 0 Å². The second-order valence-corrected chi connectivity index (χ2v) is 28.6. The normalized spacial score (nSPS) is 17.4. The van der Waals surface area contributed by atoms with E-state index in [4.69, 9.17) is 5.73 Å². The molecule has 59 heavy (non-hydrogen) atoms. The highest BCUT2D eigenvalue weighted by Gasteiger charge is 2.42. The first kappa shape index (κ1) is 42.9. The molecular formula is C41H55N11O5Si2. The van der Waals surface area contributed by atoms with Gasteiger partial charge in [-0.2, -0.15) is 0 Å². The Labute approximate surface area is 347 Å². The zero-order valence-electron chi connectivity index (χ0n) is 34.7. The highest BCUT2D eigenvalue weighted by molar-refractivity contribution is 6.76. The molecule has 312 valence electrons. The number of nitrogens with one attached hydrogen (secondary N) is 2. The lowest BCUT2D eigenvalue weighted by atomic mass is 10.1. The Morgan fingerprint density at radius 1 is 0.695 bits per heavy atom. The Kier molecular flexibility index (Phi) is 13.1. The second-order valence-electron chi connectivity index (χ2n) is 17.4. The van der Waals surface area contributed by atoms with Gasteiger partial charge in [0.1, 0.15) is 17.3 Å². The molecule has 4 aliphatic heterocycles. The van der Waals surface area contributed by atoms with E-state index in [1.165, 1.54) is 6.07 Å². The summed E-state index contributed by atoms with van der Waals surface area (Å²) in [6, 6.07) is 17.9. The van der Waals surface area contributed by atoms with Gasteiger partial charge in [0.25, 0.3) is 0 Å². The number of carboxylic acids is 1. The molecule has 5 N–H and O–H groups in total. The van der Waals surface area contributed by atoms with Crippen LogP contribution in [0.4, 0.5) is 44.2 Å². The van der Waals surface area contributed by atoms with E-state index >= 15 is 0 Å². The average molecular weight is 838 g/mol. The van der Waals surface area contributed by atoms with E-state index in [0.717, 1.165) is 62.6 Å². The summed E-state index contributed by atoms with van der Waals surface area (Å²) in [7, 11) is -2.16. The molecule has 4 bridgehead atoms. The Morgan fingerprint density at radius 2 is 1.15 bits per heavy atom. The fraction of sp³-hybridized carbons (Fsp3) is 0.415. The molecule has 2 fully saturated rings. The third-order valence-electron chi connectivity index (χ3n) is 10.4. The number of pyridine rings is 4. The summed E-state index contributed by atoms with van der Waals surface area (Å²) < 4.78 is 0. The average Bonchev–Trinajstić information content (AvgIpc) is 3.82. The number of carboxylic acid groups (broad SMARTS) is 1. The summed E-state index contributed by atoms with van der Waals surface area (Å²) in [5, 5.41) is 14.8. The molecule has 0 spiro atoms. The first-order valence-electron chi connectivity index (χ1n) is 20.0. The Hall–Kier alpha value is -5.73. The number of nitrogens with zero attached hydrogens (tertiary/aromatic N) is 8. The molecule has 0 radical (unpaired) electrons. The highest BCUT2D eigenvalue weighted by Crippen LogP contribution is 2.40. The van der Waals surface area contributed by atoms with Crippen LogP contribution in [0.1, 0.15) is 40.2 Å². The summed E-state index contributed by atoms with van der Waals surface area (Å²) in [5.41, 5.74) is 7.43. The molecular weight excluding hydrogens is 783 g/mol. The first-order valence-corrected chi connectivity index (χ1v) is 27.4. The summed E-state index contributed by atoms with van der Waals surface area (Å²) in [5.74, 6) is 0.841. The minimum atomic E-state index is -1.31. The fourth-order valence-corrected chi connectivity index (χ4v) is 8.02. The van der Waals surface area contributed by atoms with E-state index in [0.29, 0.717) is 35.4 Å². The van der Waals surface area contributed by atoms with Crippen LogP contribution in [0.3, 0.4) is 0 Å². The standard InChI is InChI=1S/C21H27N5O2Si.C16H15N5O3.C4H13NSi/c1-29(2,3)13-10-18(27)16-7-8-17-20(23-16)26(15-9-12-25(17)14-15)21(28)24-19-6-4-5-11-22-19;22-15(23)11-4-5-12-14(18-11)21(10-6-8-20(12)9-10)16(24)19-13-3-1-2-7-17-13;1-6(2,3)4-5/h4-8,11,15H,9-10,12-14H2,1-3H3,(H,22,24,28);1-5,7,10H,6,8-9H2,(H,22,23)(H,17,19,24);4-5H2,1-3H3/t15-;10-;/m00./s1. The van der Waals surface area contributed by atoms with Crippen LogP contribution in [0.2, 0.25) is 45.3 Å². The largest absolute Gasteiger partial charge is 0.477 e. The zero-order valence-corrected chi connectivity index (χ0v) is 36.7. The van der Waals surface area contributed by atoms with E-state index < -0.39 is 22.1 Å². The van der Waals surface area contributed by atoms with Gasteiger partial charge in [-0.1, -0.05) is 57.5 Å². The van der Waals surface area contributed by atoms with Gasteiger partial charge in [0.2, 0.25) is 0 Å². The van der Waals surface area contributed by atoms with Crippen LogP contribution < -0.4 is 36.0 Å². The van der Waals surface area contributed by atoms with E-state index in [-0.39, 0.29) is 35.6 Å². The van der Waals surface area contributed by atoms with Crippen molar-refractivity contribution < 1.29 is 24.3 Å². The number of anilines is 6. The number of Topliss-reactive ketones (excluding diaryl/α,β-unsaturated/α-hetero) is 1. The number of hydrogen-bond donors (Lipinski definition) is 4. The lowest BCUT2D eigenvalue weighted by Gasteiger charge is -2.35. The van der Waals surface area contributed by atoms with Gasteiger partial charge >= 0.3 is 18.0 Å². The van der Waals surface area contributed by atoms with Crippen LogP contribution in [-0.4, -0.2) is 109 Å². The van der Waals surface area contributed by atoms with Crippen LogP contribution in [0.5, 0.6) is 0 Å². The molecule has 2 saturated heterocycles. The van der Waals surface area contributed by atoms with Gasteiger partial charge in [-0.3, -0.25) is 25.2 Å². The fourth-order valence-electron chi connectivity index (χ4n) is 7.05. The van der Waals surface area contributed by atoms with E-state index in [1.54, 1.807) is 64.7 Å². The molecule has 4 aromatic heterocycles. The maximum absolute atomic E-state index is 13.1. The number of nitrogens with two attached hydrogens (primary N) is 1. The maximum Gasteiger partial charge on any atom is 0.354 e. The molecule has 18 heteroatoms. The number of rotatable bonds is 8. The number of aromatic nitrogens is 4. The third kappa shape index (κ3) is 10.7. The van der Waals surface area contributed by atoms with Crippen molar-refractivity contribution in [3.8, 4) is 0 Å². The van der Waals surface area contributed by atoms with Crippen molar-refractivity contribution in [1.29, 1.82) is 0 Å². The summed E-state index contributed by atoms with van der Waals surface area (Å²) >= 11 is 0. The van der Waals surface area contributed by atoms with Crippen molar-refractivity contribution in [2.45, 2.75) is 76.7 Å². The minimum absolute atomic E-state index is 0.0299. The zero-order chi connectivity index (χ0) is 42.5. The molecule has 4 aliphatic rings. The molecule has 4 aromatic rings. The number of amides is 4. The number of ketones is 1. The van der Waals surface area contributed by atoms with Crippen molar-refractivity contribution in [2.24, 2.45) is 5.73 Å². The van der Waals surface area contributed by atoms with E-state index in [1.807, 2.05) is 12.1 Å². The summed E-state index contributed by atoms with van der Waals surface area (Å²) in [6.07, 6.45) is 6.35. The Balaban J connectivity index is 0.000000177. The smallest absolute Gasteiger partial charge is 0.354 e. The molecule has 0 saturated carbocycles. The van der Waals surface area contributed by atoms with Gasteiger partial charge in [-0.05, 0) is 67.5 Å². The van der Waals surface area contributed by atoms with E-state index in [2.05, 4.69) is 79.7 Å². The predicted octanol–water partition coefficient (Wildman–Crippen LogP) is 6.65. The van der Waals surface area contributed by atoms with Gasteiger partial charge < -0.3 is 20.6 Å². The molecule has 2 atom stereocenters. The summed E-state index contributed by atoms with van der Waals surface area (Å²) in [6.45, 7) is 16.8. The number of fused-ring (bicyclic) bond motifs is 8. The predicted molar refractivity (Wildman–Crippen MR) is 238 cm³/mol. The minimum Gasteiger partial charge on any atom is -0.477 e. The highest BCUT2D eigenvalue weighted by atomic mass is 28.3. The molecule has 0 aliphatic carbocycles. The van der Waals surface area contributed by atoms with Crippen molar-refractivity contribution in [3.05, 3.63) is 84.4 Å². The summed E-state index contributed by atoms with van der Waals surface area (Å²) in [4.78, 5) is 74.6. The third-order valence-corrected chi connectivity index (χ3v) is 13.3. The van der Waals surface area contributed by atoms with Crippen molar-refractivity contribution in [2.75, 3.05) is 62.6 Å². The van der Waals surface area contributed by atoms with Gasteiger partial charge in [-0.25, -0.2) is 34.3 Å². The number of aromatic carboxylic acids is 1. The molecule has 8 heterocycles. The second kappa shape index (κ2) is 18.0. The quantitative estimate of drug-likeness (QED) is 0.109. The van der Waals surface area contributed by atoms with Crippen LogP contribution in [0.25, 0.3) is 0 Å². The van der Waals surface area contributed by atoms with Crippen LogP contribution in [0.15, 0.2) is 73.1 Å². The lowest BCUT2D eigenvalue weighted by molar-refractivity contribution is 0.0690. The number of carbonyl (C=O) groups is 4. The monoisotopic (exact) mass is 837 g/mol. The van der Waals surface area contributed by atoms with Crippen LogP contribution in [-0.2, 0) is 0 Å². The number of carbonyl (C=O) groups excluding carboxylic acids is 3. The number of hydrogen-bond acceptors (Lipinski definition) is 11. The van der Waals surface area contributed by atoms with Gasteiger partial charge in [0.05, 0.1) is 31.5 Å². The molecule has 8 rings (SSSR count). The molecule has 16 nitrogen and oxygen atoms in total. The molecule has 0 aromatic carbocycles.